The third-order valence-electron chi connectivity index (χ3n) is 5.10. The standard InChI is InChI=1S/C23H21N5O3S/c1-15-2-6-17(7-3-15)23-27-26-20(31-23)10-11-21(29)28-14-32-13-19(28)22(30)25-18-8-4-16(12-24)5-9-18/h2-9,19H,10-11,13-14H2,1H3,(H,25,30). The van der Waals surface area contributed by atoms with Gasteiger partial charge in [-0.1, -0.05) is 17.7 Å². The Kier molecular flexibility index (Phi) is 6.52. The van der Waals surface area contributed by atoms with Gasteiger partial charge in [-0.2, -0.15) is 5.26 Å². The molecule has 2 heterocycles. The van der Waals surface area contributed by atoms with E-state index in [-0.39, 0.29) is 18.2 Å². The Morgan fingerprint density at radius 1 is 1.19 bits per heavy atom. The van der Waals surface area contributed by atoms with Crippen LogP contribution in [0.3, 0.4) is 0 Å². The minimum absolute atomic E-state index is 0.134. The van der Waals surface area contributed by atoms with E-state index in [2.05, 4.69) is 15.5 Å². The van der Waals surface area contributed by atoms with Gasteiger partial charge in [-0.15, -0.1) is 22.0 Å². The summed E-state index contributed by atoms with van der Waals surface area (Å²) in [6.07, 6.45) is 0.486. The first-order valence-corrected chi connectivity index (χ1v) is 11.3. The number of nitrogens with zero attached hydrogens (tertiary/aromatic N) is 4. The van der Waals surface area contributed by atoms with Crippen molar-refractivity contribution < 1.29 is 14.0 Å². The lowest BCUT2D eigenvalue weighted by atomic mass is 10.1. The summed E-state index contributed by atoms with van der Waals surface area (Å²) in [5, 5.41) is 19.8. The first-order chi connectivity index (χ1) is 15.5. The number of carbonyl (C=O) groups is 2. The molecule has 1 atom stereocenters. The van der Waals surface area contributed by atoms with Gasteiger partial charge in [0.2, 0.25) is 23.6 Å². The van der Waals surface area contributed by atoms with Gasteiger partial charge in [0.15, 0.2) is 0 Å². The predicted molar refractivity (Wildman–Crippen MR) is 121 cm³/mol. The molecule has 32 heavy (non-hydrogen) atoms. The number of amides is 2. The normalized spacial score (nSPS) is 15.4. The topological polar surface area (TPSA) is 112 Å². The molecule has 3 aromatic rings. The molecule has 4 rings (SSSR count). The molecule has 0 spiro atoms. The molecular weight excluding hydrogens is 426 g/mol. The molecule has 0 radical (unpaired) electrons. The molecule has 0 bridgehead atoms. The minimum atomic E-state index is -0.547. The number of hydrogen-bond donors (Lipinski definition) is 1. The maximum atomic E-state index is 12.8. The molecule has 1 aromatic heterocycles. The summed E-state index contributed by atoms with van der Waals surface area (Å²) in [5.74, 6) is 1.43. The van der Waals surface area contributed by atoms with Crippen molar-refractivity contribution >= 4 is 29.3 Å². The molecule has 8 nitrogen and oxygen atoms in total. The summed E-state index contributed by atoms with van der Waals surface area (Å²) < 4.78 is 5.69. The molecular formula is C23H21N5O3S. The minimum Gasteiger partial charge on any atom is -0.421 e. The highest BCUT2D eigenvalue weighted by atomic mass is 32.2. The van der Waals surface area contributed by atoms with E-state index in [1.165, 1.54) is 11.8 Å². The number of aryl methyl sites for hydroxylation is 2. The second-order valence-corrected chi connectivity index (χ2v) is 8.42. The zero-order chi connectivity index (χ0) is 22.5. The van der Waals surface area contributed by atoms with Crippen LogP contribution in [0.15, 0.2) is 52.9 Å². The molecule has 1 aliphatic rings. The monoisotopic (exact) mass is 447 g/mol. The van der Waals surface area contributed by atoms with Crippen LogP contribution in [0.4, 0.5) is 5.69 Å². The van der Waals surface area contributed by atoms with Crippen molar-refractivity contribution in [3.63, 3.8) is 0 Å². The number of aromatic nitrogens is 2. The maximum Gasteiger partial charge on any atom is 0.248 e. The number of nitrogens with one attached hydrogen (secondary N) is 1. The molecule has 1 unspecified atom stereocenters. The van der Waals surface area contributed by atoms with Gasteiger partial charge in [0.25, 0.3) is 0 Å². The van der Waals surface area contributed by atoms with Crippen molar-refractivity contribution in [3.8, 4) is 17.5 Å². The second-order valence-electron chi connectivity index (χ2n) is 7.42. The Hall–Kier alpha value is -3.64. The summed E-state index contributed by atoms with van der Waals surface area (Å²) in [7, 11) is 0. The molecule has 162 valence electrons. The first-order valence-electron chi connectivity index (χ1n) is 10.1. The Morgan fingerprint density at radius 2 is 1.94 bits per heavy atom. The van der Waals surface area contributed by atoms with Crippen LogP contribution in [-0.4, -0.2) is 44.6 Å². The van der Waals surface area contributed by atoms with Gasteiger partial charge in [0.05, 0.1) is 17.5 Å². The fourth-order valence-corrected chi connectivity index (χ4v) is 4.46. The highest BCUT2D eigenvalue weighted by Crippen LogP contribution is 2.24. The van der Waals surface area contributed by atoms with Crippen LogP contribution >= 0.6 is 11.8 Å². The van der Waals surface area contributed by atoms with E-state index in [0.29, 0.717) is 41.1 Å². The quantitative estimate of drug-likeness (QED) is 0.616. The highest BCUT2D eigenvalue weighted by molar-refractivity contribution is 7.99. The van der Waals surface area contributed by atoms with Gasteiger partial charge in [0.1, 0.15) is 6.04 Å². The molecule has 0 aliphatic carbocycles. The zero-order valence-corrected chi connectivity index (χ0v) is 18.3. The van der Waals surface area contributed by atoms with E-state index in [1.807, 2.05) is 37.3 Å². The van der Waals surface area contributed by atoms with E-state index < -0.39 is 6.04 Å². The van der Waals surface area contributed by atoms with Crippen LogP contribution < -0.4 is 5.32 Å². The number of anilines is 1. The van der Waals surface area contributed by atoms with Crippen molar-refractivity contribution in [2.75, 3.05) is 16.9 Å². The third kappa shape index (κ3) is 4.98. The van der Waals surface area contributed by atoms with E-state index in [0.717, 1.165) is 11.1 Å². The van der Waals surface area contributed by atoms with Crippen molar-refractivity contribution in [2.24, 2.45) is 0 Å². The Balaban J connectivity index is 1.34. The van der Waals surface area contributed by atoms with Crippen LogP contribution in [0.2, 0.25) is 0 Å². The zero-order valence-electron chi connectivity index (χ0n) is 17.4. The van der Waals surface area contributed by atoms with Gasteiger partial charge in [-0.3, -0.25) is 9.59 Å². The fourth-order valence-electron chi connectivity index (χ4n) is 3.28. The fraction of sp³-hybridized carbons (Fsp3) is 0.261. The second kappa shape index (κ2) is 9.66. The summed E-state index contributed by atoms with van der Waals surface area (Å²) in [6, 6.07) is 15.9. The average Bonchev–Trinajstić information content (AvgIpc) is 3.49. The first kappa shape index (κ1) is 21.6. The van der Waals surface area contributed by atoms with Crippen LogP contribution in [0, 0.1) is 18.3 Å². The van der Waals surface area contributed by atoms with Gasteiger partial charge in [-0.05, 0) is 43.3 Å². The Bertz CT molecular complexity index is 1150. The lowest BCUT2D eigenvalue weighted by Gasteiger charge is -2.23. The molecule has 0 saturated carbocycles. The van der Waals surface area contributed by atoms with Crippen molar-refractivity contribution in [2.45, 2.75) is 25.8 Å². The summed E-state index contributed by atoms with van der Waals surface area (Å²) >= 11 is 1.54. The molecule has 1 fully saturated rings. The van der Waals surface area contributed by atoms with Crippen molar-refractivity contribution in [3.05, 3.63) is 65.5 Å². The van der Waals surface area contributed by atoms with Crippen LogP contribution in [0.25, 0.3) is 11.5 Å². The lowest BCUT2D eigenvalue weighted by Crippen LogP contribution is -2.44. The van der Waals surface area contributed by atoms with Gasteiger partial charge < -0.3 is 14.6 Å². The molecule has 2 amide bonds. The van der Waals surface area contributed by atoms with Crippen LogP contribution in [-0.2, 0) is 16.0 Å². The van der Waals surface area contributed by atoms with Gasteiger partial charge >= 0.3 is 0 Å². The largest absolute Gasteiger partial charge is 0.421 e. The van der Waals surface area contributed by atoms with Crippen LogP contribution in [0.1, 0.15) is 23.4 Å². The third-order valence-corrected chi connectivity index (χ3v) is 6.12. The predicted octanol–water partition coefficient (Wildman–Crippen LogP) is 3.39. The number of nitriles is 1. The summed E-state index contributed by atoms with van der Waals surface area (Å²) in [4.78, 5) is 27.1. The van der Waals surface area contributed by atoms with Crippen molar-refractivity contribution in [1.82, 2.24) is 15.1 Å². The number of thioether (sulfide) groups is 1. The van der Waals surface area contributed by atoms with Crippen LogP contribution in [0.5, 0.6) is 0 Å². The Labute approximate surface area is 189 Å². The molecule has 9 heteroatoms. The van der Waals surface area contributed by atoms with Gasteiger partial charge in [0, 0.05) is 29.8 Å². The molecule has 1 aliphatic heterocycles. The number of carbonyl (C=O) groups excluding carboxylic acids is 2. The molecule has 1 saturated heterocycles. The van der Waals surface area contributed by atoms with E-state index in [9.17, 15) is 9.59 Å². The van der Waals surface area contributed by atoms with E-state index >= 15 is 0 Å². The lowest BCUT2D eigenvalue weighted by molar-refractivity contribution is -0.136. The maximum absolute atomic E-state index is 12.8. The Morgan fingerprint density at radius 3 is 2.66 bits per heavy atom. The highest BCUT2D eigenvalue weighted by Gasteiger charge is 2.34. The number of rotatable bonds is 6. The SMILES string of the molecule is Cc1ccc(-c2nnc(CCC(=O)N3CSCC3C(=O)Nc3ccc(C#N)cc3)o2)cc1. The number of benzene rings is 2. The molecule has 2 aromatic carbocycles. The van der Waals surface area contributed by atoms with Gasteiger partial charge in [-0.25, -0.2) is 0 Å². The van der Waals surface area contributed by atoms with E-state index in [1.54, 1.807) is 29.2 Å². The summed E-state index contributed by atoms with van der Waals surface area (Å²) in [5.41, 5.74) is 3.08. The van der Waals surface area contributed by atoms with Crippen molar-refractivity contribution in [1.29, 1.82) is 5.26 Å². The number of hydrogen-bond acceptors (Lipinski definition) is 7. The average molecular weight is 448 g/mol. The molecule has 1 N–H and O–H groups in total. The van der Waals surface area contributed by atoms with E-state index in [4.69, 9.17) is 9.68 Å². The summed E-state index contributed by atoms with van der Waals surface area (Å²) in [6.45, 7) is 2.00. The smallest absolute Gasteiger partial charge is 0.248 e.